The van der Waals surface area contributed by atoms with Crippen LogP contribution in [0.2, 0.25) is 0 Å². The average molecular weight is 431 g/mol. The Balaban J connectivity index is 1.34. The van der Waals surface area contributed by atoms with Crippen molar-refractivity contribution in [2.45, 2.75) is 90.4 Å². The van der Waals surface area contributed by atoms with Crippen molar-refractivity contribution in [2.24, 2.45) is 5.92 Å². The zero-order chi connectivity index (χ0) is 22.2. The highest BCUT2D eigenvalue weighted by molar-refractivity contribution is 5.60. The Hall–Kier alpha value is -2.42. The van der Waals surface area contributed by atoms with Crippen molar-refractivity contribution < 1.29 is 4.52 Å². The number of hydrogen-bond acceptors (Lipinski definition) is 3. The minimum absolute atomic E-state index is 0.590. The second-order valence-corrected chi connectivity index (χ2v) is 9.56. The van der Waals surface area contributed by atoms with Crippen molar-refractivity contribution in [3.8, 4) is 22.8 Å². The van der Waals surface area contributed by atoms with E-state index in [-0.39, 0.29) is 0 Å². The van der Waals surface area contributed by atoms with Crippen LogP contribution >= 0.6 is 0 Å². The van der Waals surface area contributed by atoms with Gasteiger partial charge in [-0.25, -0.2) is 0 Å². The van der Waals surface area contributed by atoms with Gasteiger partial charge in [-0.3, -0.25) is 0 Å². The highest BCUT2D eigenvalue weighted by atomic mass is 16.5. The van der Waals surface area contributed by atoms with Gasteiger partial charge >= 0.3 is 0 Å². The largest absolute Gasteiger partial charge is 0.334 e. The summed E-state index contributed by atoms with van der Waals surface area (Å²) in [5, 5.41) is 4.24. The van der Waals surface area contributed by atoms with E-state index in [0.29, 0.717) is 17.6 Å². The molecule has 0 atom stereocenters. The predicted octanol–water partition coefficient (Wildman–Crippen LogP) is 8.60. The second kappa shape index (κ2) is 11.4. The molecule has 1 heterocycles. The van der Waals surface area contributed by atoms with Gasteiger partial charge in [0, 0.05) is 11.1 Å². The van der Waals surface area contributed by atoms with E-state index in [1.807, 2.05) is 0 Å². The molecular weight excluding hydrogens is 392 g/mol. The van der Waals surface area contributed by atoms with Crippen molar-refractivity contribution in [3.63, 3.8) is 0 Å². The Labute approximate surface area is 193 Å². The van der Waals surface area contributed by atoms with Crippen molar-refractivity contribution in [2.75, 3.05) is 0 Å². The summed E-state index contributed by atoms with van der Waals surface area (Å²) in [5.41, 5.74) is 4.83. The Morgan fingerprint density at radius 2 is 1.47 bits per heavy atom. The van der Waals surface area contributed by atoms with Gasteiger partial charge < -0.3 is 4.52 Å². The van der Waals surface area contributed by atoms with Crippen LogP contribution in [0.5, 0.6) is 0 Å². The van der Waals surface area contributed by atoms with Crippen molar-refractivity contribution in [1.82, 2.24) is 10.1 Å². The van der Waals surface area contributed by atoms with Crippen molar-refractivity contribution in [3.05, 3.63) is 59.7 Å². The van der Waals surface area contributed by atoms with E-state index in [2.05, 4.69) is 72.5 Å². The lowest BCUT2D eigenvalue weighted by Gasteiger charge is -2.29. The van der Waals surface area contributed by atoms with Gasteiger partial charge in [0.1, 0.15) is 0 Å². The lowest BCUT2D eigenvalue weighted by atomic mass is 9.77. The molecular formula is C29H38N2O. The molecule has 4 rings (SSSR count). The van der Waals surface area contributed by atoms with Crippen LogP contribution in [-0.4, -0.2) is 10.1 Å². The van der Waals surface area contributed by atoms with E-state index in [1.165, 1.54) is 75.3 Å². The summed E-state index contributed by atoms with van der Waals surface area (Å²) in [5.74, 6) is 2.92. The van der Waals surface area contributed by atoms with Gasteiger partial charge in [-0.05, 0) is 73.6 Å². The quantitative estimate of drug-likeness (QED) is 0.302. The van der Waals surface area contributed by atoms with Crippen LogP contribution in [0.3, 0.4) is 0 Å². The third-order valence-corrected chi connectivity index (χ3v) is 7.15. The maximum absolute atomic E-state index is 5.56. The summed E-state index contributed by atoms with van der Waals surface area (Å²) in [6.45, 7) is 4.52. The van der Waals surface area contributed by atoms with Crippen molar-refractivity contribution in [1.29, 1.82) is 0 Å². The fraction of sp³-hybridized carbons (Fsp3) is 0.517. The number of aromatic nitrogens is 2. The van der Waals surface area contributed by atoms with Gasteiger partial charge in [-0.2, -0.15) is 4.98 Å². The van der Waals surface area contributed by atoms with Gasteiger partial charge in [0.05, 0.1) is 0 Å². The third kappa shape index (κ3) is 5.88. The highest BCUT2D eigenvalue weighted by Gasteiger charge is 2.22. The first-order chi connectivity index (χ1) is 15.8. The normalized spacial score (nSPS) is 18.7. The molecule has 0 unspecified atom stereocenters. The Kier molecular flexibility index (Phi) is 8.14. The molecule has 0 aliphatic heterocycles. The monoisotopic (exact) mass is 430 g/mol. The van der Waals surface area contributed by atoms with Gasteiger partial charge in [-0.15, -0.1) is 0 Å². The third-order valence-electron chi connectivity index (χ3n) is 7.15. The molecule has 3 aromatic rings. The van der Waals surface area contributed by atoms with E-state index >= 15 is 0 Å². The van der Waals surface area contributed by atoms with Gasteiger partial charge in [0.25, 0.3) is 5.89 Å². The molecule has 1 aromatic heterocycles. The molecule has 32 heavy (non-hydrogen) atoms. The number of hydrogen-bond donors (Lipinski definition) is 0. The van der Waals surface area contributed by atoms with Gasteiger partial charge in [0.15, 0.2) is 0 Å². The molecule has 0 amide bonds. The van der Waals surface area contributed by atoms with Crippen LogP contribution in [0.4, 0.5) is 0 Å². The maximum Gasteiger partial charge on any atom is 0.258 e. The molecule has 0 N–H and O–H groups in total. The van der Waals surface area contributed by atoms with Crippen molar-refractivity contribution >= 4 is 0 Å². The van der Waals surface area contributed by atoms with Crippen LogP contribution in [0.25, 0.3) is 22.8 Å². The van der Waals surface area contributed by atoms with Crippen LogP contribution in [-0.2, 0) is 6.42 Å². The summed E-state index contributed by atoms with van der Waals surface area (Å²) in [7, 11) is 0. The lowest BCUT2D eigenvalue weighted by Crippen LogP contribution is -2.13. The zero-order valence-electron chi connectivity index (χ0n) is 19.9. The Morgan fingerprint density at radius 1 is 0.781 bits per heavy atom. The highest BCUT2D eigenvalue weighted by Crippen LogP contribution is 2.38. The molecule has 0 radical (unpaired) electrons. The first kappa shape index (κ1) is 22.8. The molecule has 1 aliphatic rings. The smallest absolute Gasteiger partial charge is 0.258 e. The Morgan fingerprint density at radius 3 is 2.16 bits per heavy atom. The zero-order valence-corrected chi connectivity index (χ0v) is 19.9. The van der Waals surface area contributed by atoms with E-state index in [4.69, 9.17) is 4.52 Å². The predicted molar refractivity (Wildman–Crippen MR) is 133 cm³/mol. The summed E-state index contributed by atoms with van der Waals surface area (Å²) < 4.78 is 5.56. The minimum Gasteiger partial charge on any atom is -0.334 e. The lowest BCUT2D eigenvalue weighted by molar-refractivity contribution is 0.303. The number of rotatable bonds is 10. The minimum atomic E-state index is 0.590. The second-order valence-electron chi connectivity index (χ2n) is 9.56. The van der Waals surface area contributed by atoms with Crippen LogP contribution in [0.1, 0.15) is 95.1 Å². The summed E-state index contributed by atoms with van der Waals surface area (Å²) >= 11 is 0. The number of aryl methyl sites for hydroxylation is 1. The topological polar surface area (TPSA) is 38.9 Å². The van der Waals surface area contributed by atoms with E-state index in [0.717, 1.165) is 23.5 Å². The Bertz CT molecular complexity index is 934. The molecule has 0 saturated heterocycles. The van der Waals surface area contributed by atoms with E-state index in [9.17, 15) is 0 Å². The molecule has 2 aromatic carbocycles. The standard InChI is InChI=1S/C29H38N2O/c1-3-5-7-9-23-10-14-24(15-11-23)25-18-20-26(21-19-25)28-30-29(32-31-28)27-16-12-22(13-17-27)8-6-4-2/h12-13,16-21,23-24H,3-11,14-15H2,1-2H3. The number of unbranched alkanes of at least 4 members (excludes halogenated alkanes) is 3. The number of benzene rings is 2. The molecule has 1 saturated carbocycles. The molecule has 170 valence electrons. The van der Waals surface area contributed by atoms with Gasteiger partial charge in [-0.1, -0.05) is 87.5 Å². The molecule has 3 heteroatoms. The fourth-order valence-electron chi connectivity index (χ4n) is 5.02. The first-order valence-corrected chi connectivity index (χ1v) is 12.8. The van der Waals surface area contributed by atoms with Gasteiger partial charge in [0.2, 0.25) is 5.82 Å². The van der Waals surface area contributed by atoms with E-state index in [1.54, 1.807) is 0 Å². The molecule has 0 bridgehead atoms. The molecule has 1 aliphatic carbocycles. The fourth-order valence-corrected chi connectivity index (χ4v) is 5.02. The summed E-state index contributed by atoms with van der Waals surface area (Å²) in [6.07, 6.45) is 14.6. The number of nitrogens with zero attached hydrogens (tertiary/aromatic N) is 2. The molecule has 0 spiro atoms. The van der Waals surface area contributed by atoms with Crippen LogP contribution in [0, 0.1) is 5.92 Å². The molecule has 1 fully saturated rings. The van der Waals surface area contributed by atoms with E-state index < -0.39 is 0 Å². The summed E-state index contributed by atoms with van der Waals surface area (Å²) in [4.78, 5) is 4.65. The molecule has 3 nitrogen and oxygen atoms in total. The summed E-state index contributed by atoms with van der Waals surface area (Å²) in [6, 6.07) is 17.4. The first-order valence-electron chi connectivity index (χ1n) is 12.8. The van der Waals surface area contributed by atoms with Crippen LogP contribution < -0.4 is 0 Å². The SMILES string of the molecule is CCCCCC1CCC(c2ccc(-c3noc(-c4ccc(CCCC)cc4)n3)cc2)CC1. The average Bonchev–Trinajstić information content (AvgIpc) is 3.34. The maximum atomic E-state index is 5.56. The van der Waals surface area contributed by atoms with Crippen LogP contribution in [0.15, 0.2) is 53.1 Å².